The van der Waals surface area contributed by atoms with E-state index < -0.39 is 10.8 Å². The third kappa shape index (κ3) is 5.20. The highest BCUT2D eigenvalue weighted by Crippen LogP contribution is 2.12. The number of non-ortho nitro benzene ring substituents is 1. The molecule has 0 aliphatic rings. The number of halogens is 1. The van der Waals surface area contributed by atoms with Crippen LogP contribution in [-0.4, -0.2) is 34.2 Å². The fourth-order valence-electron chi connectivity index (χ4n) is 1.71. The van der Waals surface area contributed by atoms with Crippen LogP contribution in [0.5, 0.6) is 0 Å². The lowest BCUT2D eigenvalue weighted by atomic mass is 10.2. The van der Waals surface area contributed by atoms with Crippen LogP contribution >= 0.6 is 12.4 Å². The number of nitro benzene ring substituents is 1. The van der Waals surface area contributed by atoms with Gasteiger partial charge < -0.3 is 16.4 Å². The molecule has 2 rings (SSSR count). The van der Waals surface area contributed by atoms with Crippen molar-refractivity contribution in [2.24, 2.45) is 0 Å². The van der Waals surface area contributed by atoms with E-state index in [-0.39, 0.29) is 29.6 Å². The van der Waals surface area contributed by atoms with E-state index in [1.54, 1.807) is 12.1 Å². The molecule has 0 saturated heterocycles. The Balaban J connectivity index is 0.00000264. The maximum absolute atomic E-state index is 11.6. The molecule has 1 aromatic carbocycles. The summed E-state index contributed by atoms with van der Waals surface area (Å²) in [5.74, 6) is -0.544. The SMILES string of the molecule is Cl.Nc1nonc1C(=O)NCCNCc1cccc([N+](=O)[O-])c1. The van der Waals surface area contributed by atoms with Crippen LogP contribution in [0.3, 0.4) is 0 Å². The van der Waals surface area contributed by atoms with Gasteiger partial charge in [0.1, 0.15) is 0 Å². The third-order valence-electron chi connectivity index (χ3n) is 2.77. The number of nitrogen functional groups attached to an aromatic ring is 1. The van der Waals surface area contributed by atoms with E-state index in [0.717, 1.165) is 5.56 Å². The second-order valence-corrected chi connectivity index (χ2v) is 4.36. The summed E-state index contributed by atoms with van der Waals surface area (Å²) in [6.45, 7) is 1.25. The number of nitrogens with one attached hydrogen (secondary N) is 2. The van der Waals surface area contributed by atoms with Crippen LogP contribution in [0.1, 0.15) is 16.1 Å². The molecule has 0 aliphatic heterocycles. The first-order chi connectivity index (χ1) is 10.6. The van der Waals surface area contributed by atoms with Gasteiger partial charge in [0.05, 0.1) is 4.92 Å². The summed E-state index contributed by atoms with van der Waals surface area (Å²) in [4.78, 5) is 21.8. The highest BCUT2D eigenvalue weighted by atomic mass is 35.5. The van der Waals surface area contributed by atoms with Gasteiger partial charge in [-0.2, -0.15) is 0 Å². The molecule has 2 aromatic rings. The van der Waals surface area contributed by atoms with Gasteiger partial charge in [-0.3, -0.25) is 14.9 Å². The second kappa shape index (κ2) is 8.66. The van der Waals surface area contributed by atoms with E-state index in [1.807, 2.05) is 0 Å². The molecule has 0 bridgehead atoms. The lowest BCUT2D eigenvalue weighted by Gasteiger charge is -2.06. The molecule has 1 heterocycles. The summed E-state index contributed by atoms with van der Waals surface area (Å²) in [5, 5.41) is 23.0. The van der Waals surface area contributed by atoms with E-state index in [4.69, 9.17) is 5.73 Å². The average Bonchev–Trinajstić information content (AvgIpc) is 2.93. The van der Waals surface area contributed by atoms with Gasteiger partial charge in [-0.15, -0.1) is 12.4 Å². The summed E-state index contributed by atoms with van der Waals surface area (Å²) in [5.41, 5.74) is 6.16. The molecular formula is C12H15ClN6O4. The van der Waals surface area contributed by atoms with Crippen LogP contribution in [0, 0.1) is 10.1 Å². The average molecular weight is 343 g/mol. The van der Waals surface area contributed by atoms with Gasteiger partial charge in [0.2, 0.25) is 11.5 Å². The standard InChI is InChI=1S/C12H14N6O4.ClH/c13-11-10(16-22-17-11)12(19)15-5-4-14-7-8-2-1-3-9(6-8)18(20)21;/h1-3,6,14H,4-5,7H2,(H2,13,17)(H,15,19);1H. The van der Waals surface area contributed by atoms with Crippen molar-refractivity contribution in [3.63, 3.8) is 0 Å². The Morgan fingerprint density at radius 2 is 2.13 bits per heavy atom. The largest absolute Gasteiger partial charge is 0.379 e. The molecule has 1 amide bonds. The molecule has 1 aromatic heterocycles. The molecule has 124 valence electrons. The zero-order chi connectivity index (χ0) is 15.9. The minimum Gasteiger partial charge on any atom is -0.379 e. The maximum Gasteiger partial charge on any atom is 0.277 e. The molecule has 0 fully saturated rings. The highest BCUT2D eigenvalue weighted by Gasteiger charge is 2.14. The Morgan fingerprint density at radius 1 is 1.35 bits per heavy atom. The number of amides is 1. The van der Waals surface area contributed by atoms with Gasteiger partial charge in [-0.1, -0.05) is 12.1 Å². The number of anilines is 1. The van der Waals surface area contributed by atoms with Crippen molar-refractivity contribution < 1.29 is 14.3 Å². The summed E-state index contributed by atoms with van der Waals surface area (Å²) in [7, 11) is 0. The predicted molar refractivity (Wildman–Crippen MR) is 83.1 cm³/mol. The van der Waals surface area contributed by atoms with E-state index in [1.165, 1.54) is 12.1 Å². The molecule has 0 unspecified atom stereocenters. The zero-order valence-electron chi connectivity index (χ0n) is 11.9. The normalized spacial score (nSPS) is 9.91. The van der Waals surface area contributed by atoms with Gasteiger partial charge in [-0.25, -0.2) is 4.63 Å². The van der Waals surface area contributed by atoms with Gasteiger partial charge >= 0.3 is 0 Å². The fourth-order valence-corrected chi connectivity index (χ4v) is 1.71. The molecule has 0 radical (unpaired) electrons. The quantitative estimate of drug-likeness (QED) is 0.374. The summed E-state index contributed by atoms with van der Waals surface area (Å²) in [6.07, 6.45) is 0. The number of carbonyl (C=O) groups is 1. The van der Waals surface area contributed by atoms with Crippen molar-refractivity contribution >= 4 is 29.8 Å². The van der Waals surface area contributed by atoms with Gasteiger partial charge in [0, 0.05) is 31.8 Å². The highest BCUT2D eigenvalue weighted by molar-refractivity contribution is 5.95. The van der Waals surface area contributed by atoms with Crippen LogP contribution in [0.15, 0.2) is 28.9 Å². The monoisotopic (exact) mass is 342 g/mol. The molecule has 4 N–H and O–H groups in total. The Kier molecular flexibility index (Phi) is 6.90. The molecule has 0 aliphatic carbocycles. The van der Waals surface area contributed by atoms with Crippen LogP contribution in [0.4, 0.5) is 11.5 Å². The first-order valence-corrected chi connectivity index (χ1v) is 6.38. The molecule has 0 atom stereocenters. The molecule has 10 nitrogen and oxygen atoms in total. The predicted octanol–water partition coefficient (Wildman–Crippen LogP) is 0.501. The minimum absolute atomic E-state index is 0. The summed E-state index contributed by atoms with van der Waals surface area (Å²) in [6, 6.07) is 6.32. The van der Waals surface area contributed by atoms with Gasteiger partial charge in [0.15, 0.2) is 0 Å². The number of carbonyl (C=O) groups excluding carboxylic acids is 1. The number of hydrogen-bond donors (Lipinski definition) is 3. The first kappa shape index (κ1) is 18.3. The molecular weight excluding hydrogens is 328 g/mol. The van der Waals surface area contributed by atoms with Crippen molar-refractivity contribution in [2.45, 2.75) is 6.54 Å². The number of hydrogen-bond acceptors (Lipinski definition) is 8. The smallest absolute Gasteiger partial charge is 0.277 e. The van der Waals surface area contributed by atoms with Crippen molar-refractivity contribution in [3.05, 3.63) is 45.6 Å². The van der Waals surface area contributed by atoms with Crippen LogP contribution in [0.2, 0.25) is 0 Å². The van der Waals surface area contributed by atoms with Crippen LogP contribution in [0.25, 0.3) is 0 Å². The van der Waals surface area contributed by atoms with Gasteiger partial charge in [-0.05, 0) is 15.9 Å². The molecule has 23 heavy (non-hydrogen) atoms. The fraction of sp³-hybridized carbons (Fsp3) is 0.250. The Morgan fingerprint density at radius 3 is 2.78 bits per heavy atom. The van der Waals surface area contributed by atoms with Crippen molar-refractivity contribution in [1.29, 1.82) is 0 Å². The van der Waals surface area contributed by atoms with Crippen molar-refractivity contribution in [3.8, 4) is 0 Å². The van der Waals surface area contributed by atoms with Crippen molar-refractivity contribution in [2.75, 3.05) is 18.8 Å². The number of benzene rings is 1. The Bertz CT molecular complexity index is 677. The molecule has 0 saturated carbocycles. The maximum atomic E-state index is 11.6. The number of nitro groups is 1. The van der Waals surface area contributed by atoms with E-state index in [9.17, 15) is 14.9 Å². The number of nitrogens with two attached hydrogens (primary N) is 1. The number of aromatic nitrogens is 2. The molecule has 11 heteroatoms. The number of rotatable bonds is 7. The van der Waals surface area contributed by atoms with E-state index >= 15 is 0 Å². The third-order valence-corrected chi connectivity index (χ3v) is 2.77. The topological polar surface area (TPSA) is 149 Å². The Labute approximate surface area is 136 Å². The zero-order valence-corrected chi connectivity index (χ0v) is 12.7. The Hall–Kier alpha value is -2.72. The number of nitrogens with zero attached hydrogens (tertiary/aromatic N) is 3. The van der Waals surface area contributed by atoms with Crippen LogP contribution in [-0.2, 0) is 6.54 Å². The van der Waals surface area contributed by atoms with E-state index in [2.05, 4.69) is 25.6 Å². The summed E-state index contributed by atoms with van der Waals surface area (Å²) >= 11 is 0. The van der Waals surface area contributed by atoms with Crippen molar-refractivity contribution in [1.82, 2.24) is 20.9 Å². The van der Waals surface area contributed by atoms with E-state index in [0.29, 0.717) is 19.6 Å². The van der Waals surface area contributed by atoms with Crippen LogP contribution < -0.4 is 16.4 Å². The molecule has 0 spiro atoms. The second-order valence-electron chi connectivity index (χ2n) is 4.36. The van der Waals surface area contributed by atoms with Gasteiger partial charge in [0.25, 0.3) is 11.6 Å². The minimum atomic E-state index is -0.476. The summed E-state index contributed by atoms with van der Waals surface area (Å²) < 4.78 is 4.33. The lowest BCUT2D eigenvalue weighted by molar-refractivity contribution is -0.384. The lowest BCUT2D eigenvalue weighted by Crippen LogP contribution is -2.32. The first-order valence-electron chi connectivity index (χ1n) is 6.38.